The minimum atomic E-state index is -0.336. The van der Waals surface area contributed by atoms with Gasteiger partial charge in [0.2, 0.25) is 0 Å². The molecule has 4 saturated carbocycles. The van der Waals surface area contributed by atoms with E-state index in [4.69, 9.17) is 9.47 Å². The van der Waals surface area contributed by atoms with Crippen molar-refractivity contribution in [2.45, 2.75) is 104 Å². The average Bonchev–Trinajstić information content (AvgIpc) is 3.10. The number of rotatable bonds is 6. The molecule has 0 N–H and O–H groups in total. The molecule has 4 aliphatic rings. The van der Waals surface area contributed by atoms with E-state index in [-0.39, 0.29) is 36.3 Å². The van der Waals surface area contributed by atoms with Crippen LogP contribution in [0, 0.1) is 40.4 Å². The zero-order valence-electron chi connectivity index (χ0n) is 20.5. The van der Waals surface area contributed by atoms with E-state index in [0.29, 0.717) is 35.6 Å². The molecule has 180 valence electrons. The van der Waals surface area contributed by atoms with Gasteiger partial charge in [0.15, 0.2) is 0 Å². The molecule has 0 radical (unpaired) electrons. The molecule has 0 bridgehead atoms. The minimum absolute atomic E-state index is 0.0932. The van der Waals surface area contributed by atoms with Gasteiger partial charge in [0.05, 0.1) is 19.4 Å². The summed E-state index contributed by atoms with van der Waals surface area (Å²) in [5.74, 6) is 3.02. The number of hydrogen-bond acceptors (Lipinski definition) is 5. The van der Waals surface area contributed by atoms with Crippen molar-refractivity contribution in [2.75, 3.05) is 6.61 Å². The van der Waals surface area contributed by atoms with Crippen molar-refractivity contribution in [3.8, 4) is 0 Å². The molecule has 0 aromatic carbocycles. The molecule has 0 amide bonds. The first-order valence-electron chi connectivity index (χ1n) is 13.1. The van der Waals surface area contributed by atoms with Gasteiger partial charge in [-0.1, -0.05) is 13.8 Å². The van der Waals surface area contributed by atoms with Crippen LogP contribution in [-0.4, -0.2) is 30.4 Å². The predicted octanol–water partition coefficient (Wildman–Crippen LogP) is 5.49. The second-order valence-electron chi connectivity index (χ2n) is 11.6. The maximum Gasteiger partial charge on any atom is 0.306 e. The van der Waals surface area contributed by atoms with Gasteiger partial charge in [-0.3, -0.25) is 14.4 Å². The summed E-state index contributed by atoms with van der Waals surface area (Å²) < 4.78 is 10.8. The molecule has 5 heteroatoms. The summed E-state index contributed by atoms with van der Waals surface area (Å²) in [5.41, 5.74) is 0.553. The Hall–Kier alpha value is -1.39. The second kappa shape index (κ2) is 9.10. The molecule has 4 fully saturated rings. The minimum Gasteiger partial charge on any atom is -0.466 e. The van der Waals surface area contributed by atoms with E-state index in [1.165, 1.54) is 32.1 Å². The summed E-state index contributed by atoms with van der Waals surface area (Å²) in [6, 6.07) is 0. The standard InChI is InChI=1S/C27H42O5/c1-5-31-24(29)10-11-25(30)32-17(2)21-8-9-22-20-7-6-18-16-19(28)12-14-26(18,3)23(20)13-15-27(21,22)4/h17-18,20-23H,5-16H2,1-4H3/t17-,18+,20+,21-,22+,23+,26+,27-/m1/s1. The van der Waals surface area contributed by atoms with E-state index in [0.717, 1.165) is 37.5 Å². The van der Waals surface area contributed by atoms with Crippen molar-refractivity contribution >= 4 is 17.7 Å². The number of Topliss-reactive ketones (excluding diaryl/α,β-unsaturated/α-hetero) is 1. The van der Waals surface area contributed by atoms with Crippen LogP contribution in [0.5, 0.6) is 0 Å². The van der Waals surface area contributed by atoms with Crippen LogP contribution in [-0.2, 0) is 23.9 Å². The van der Waals surface area contributed by atoms with Gasteiger partial charge in [-0.2, -0.15) is 0 Å². The summed E-state index contributed by atoms with van der Waals surface area (Å²) in [7, 11) is 0. The summed E-state index contributed by atoms with van der Waals surface area (Å²) in [6.45, 7) is 9.10. The molecule has 0 aliphatic heterocycles. The molecule has 8 atom stereocenters. The summed E-state index contributed by atoms with van der Waals surface area (Å²) in [5, 5.41) is 0. The smallest absolute Gasteiger partial charge is 0.306 e. The van der Waals surface area contributed by atoms with Crippen molar-refractivity contribution in [3.05, 3.63) is 0 Å². The van der Waals surface area contributed by atoms with Gasteiger partial charge in [0, 0.05) is 18.8 Å². The molecule has 0 spiro atoms. The highest BCUT2D eigenvalue weighted by molar-refractivity contribution is 5.79. The Balaban J connectivity index is 1.40. The predicted molar refractivity (Wildman–Crippen MR) is 122 cm³/mol. The van der Waals surface area contributed by atoms with E-state index in [9.17, 15) is 14.4 Å². The third-order valence-corrected chi connectivity index (χ3v) is 10.3. The quantitative estimate of drug-likeness (QED) is 0.505. The molecule has 0 saturated heterocycles. The van der Waals surface area contributed by atoms with Gasteiger partial charge in [-0.05, 0) is 93.3 Å². The second-order valence-corrected chi connectivity index (χ2v) is 11.6. The highest BCUT2D eigenvalue weighted by Crippen LogP contribution is 2.67. The van der Waals surface area contributed by atoms with Gasteiger partial charge in [0.1, 0.15) is 11.9 Å². The van der Waals surface area contributed by atoms with E-state index >= 15 is 0 Å². The topological polar surface area (TPSA) is 69.7 Å². The first-order chi connectivity index (χ1) is 15.2. The van der Waals surface area contributed by atoms with Crippen molar-refractivity contribution < 1.29 is 23.9 Å². The number of carbonyl (C=O) groups excluding carboxylic acids is 3. The third-order valence-electron chi connectivity index (χ3n) is 10.3. The van der Waals surface area contributed by atoms with Gasteiger partial charge >= 0.3 is 11.9 Å². The largest absolute Gasteiger partial charge is 0.466 e. The normalized spacial score (nSPS) is 41.8. The van der Waals surface area contributed by atoms with Crippen LogP contribution in [0.1, 0.15) is 98.3 Å². The Bertz CT molecular complexity index is 746. The monoisotopic (exact) mass is 446 g/mol. The maximum absolute atomic E-state index is 12.4. The van der Waals surface area contributed by atoms with Crippen molar-refractivity contribution in [1.29, 1.82) is 0 Å². The highest BCUT2D eigenvalue weighted by Gasteiger charge is 2.61. The lowest BCUT2D eigenvalue weighted by molar-refractivity contribution is -0.160. The first kappa shape index (κ1) is 23.8. The lowest BCUT2D eigenvalue weighted by Gasteiger charge is -2.60. The number of ketones is 1. The number of fused-ring (bicyclic) bond motifs is 5. The Labute approximate surface area is 193 Å². The first-order valence-corrected chi connectivity index (χ1v) is 13.1. The van der Waals surface area contributed by atoms with Crippen LogP contribution in [0.3, 0.4) is 0 Å². The zero-order chi connectivity index (χ0) is 23.1. The Morgan fingerprint density at radius 3 is 2.44 bits per heavy atom. The Kier molecular flexibility index (Phi) is 6.76. The van der Waals surface area contributed by atoms with Crippen LogP contribution >= 0.6 is 0 Å². The fourth-order valence-electron chi connectivity index (χ4n) is 8.64. The van der Waals surface area contributed by atoms with Crippen LogP contribution in [0.2, 0.25) is 0 Å². The SMILES string of the molecule is CCOC(=O)CCC(=O)O[C@H](C)[C@H]1CC[C@H]2[C@@H]3CC[C@H]4CC(=O)CC[C@]4(C)[C@H]3CC[C@]12C. The fourth-order valence-corrected chi connectivity index (χ4v) is 8.64. The van der Waals surface area contributed by atoms with Gasteiger partial charge < -0.3 is 9.47 Å². The molecule has 5 nitrogen and oxygen atoms in total. The lowest BCUT2D eigenvalue weighted by Crippen LogP contribution is -2.54. The zero-order valence-corrected chi connectivity index (χ0v) is 20.5. The Morgan fingerprint density at radius 1 is 0.969 bits per heavy atom. The molecule has 4 aliphatic carbocycles. The van der Waals surface area contributed by atoms with Gasteiger partial charge in [-0.25, -0.2) is 0 Å². The van der Waals surface area contributed by atoms with E-state index in [2.05, 4.69) is 20.8 Å². The van der Waals surface area contributed by atoms with Crippen LogP contribution < -0.4 is 0 Å². The molecule has 0 heterocycles. The molecule has 0 aromatic rings. The molecular formula is C27H42O5. The van der Waals surface area contributed by atoms with Crippen molar-refractivity contribution in [2.24, 2.45) is 40.4 Å². The molecule has 4 rings (SSSR count). The van der Waals surface area contributed by atoms with E-state index in [1.807, 2.05) is 0 Å². The summed E-state index contributed by atoms with van der Waals surface area (Å²) in [6.07, 6.45) is 10.0. The maximum atomic E-state index is 12.4. The summed E-state index contributed by atoms with van der Waals surface area (Å²) in [4.78, 5) is 36.0. The lowest BCUT2D eigenvalue weighted by atomic mass is 9.44. The van der Waals surface area contributed by atoms with Crippen LogP contribution in [0.25, 0.3) is 0 Å². The number of esters is 2. The molecule has 0 aromatic heterocycles. The van der Waals surface area contributed by atoms with Crippen LogP contribution in [0.4, 0.5) is 0 Å². The highest BCUT2D eigenvalue weighted by atomic mass is 16.5. The number of ether oxygens (including phenoxy) is 2. The molecule has 0 unspecified atom stereocenters. The summed E-state index contributed by atoms with van der Waals surface area (Å²) >= 11 is 0. The van der Waals surface area contributed by atoms with E-state index in [1.54, 1.807) is 6.92 Å². The molecule has 32 heavy (non-hydrogen) atoms. The van der Waals surface area contributed by atoms with Gasteiger partial charge in [0.25, 0.3) is 0 Å². The van der Waals surface area contributed by atoms with Crippen LogP contribution in [0.15, 0.2) is 0 Å². The van der Waals surface area contributed by atoms with Crippen molar-refractivity contribution in [3.63, 3.8) is 0 Å². The average molecular weight is 447 g/mol. The third kappa shape index (κ3) is 4.14. The van der Waals surface area contributed by atoms with E-state index < -0.39 is 0 Å². The fraction of sp³-hybridized carbons (Fsp3) is 0.889. The Morgan fingerprint density at radius 2 is 1.69 bits per heavy atom. The van der Waals surface area contributed by atoms with Crippen molar-refractivity contribution in [1.82, 2.24) is 0 Å². The number of carbonyl (C=O) groups is 3. The van der Waals surface area contributed by atoms with Gasteiger partial charge in [-0.15, -0.1) is 0 Å². The molecular weight excluding hydrogens is 404 g/mol. The number of hydrogen-bond donors (Lipinski definition) is 0.